The Kier molecular flexibility index (Phi) is 4.56. The first-order chi connectivity index (χ1) is 14.1. The van der Waals surface area contributed by atoms with Crippen LogP contribution in [0, 0.1) is 0 Å². The molecule has 1 aliphatic rings. The summed E-state index contributed by atoms with van der Waals surface area (Å²) in [5.41, 5.74) is 1.78. The van der Waals surface area contributed by atoms with Gasteiger partial charge in [0.05, 0.1) is 29.0 Å². The molecule has 0 unspecified atom stereocenters. The lowest BCUT2D eigenvalue weighted by molar-refractivity contribution is -0.116. The Labute approximate surface area is 174 Å². The van der Waals surface area contributed by atoms with Gasteiger partial charge in [-0.25, -0.2) is 9.97 Å². The zero-order valence-corrected chi connectivity index (χ0v) is 17.4. The predicted octanol–water partition coefficient (Wildman–Crippen LogP) is 3.59. The summed E-state index contributed by atoms with van der Waals surface area (Å²) in [4.78, 5) is 36.4. The number of aromatic nitrogens is 3. The van der Waals surface area contributed by atoms with Gasteiger partial charge in [0.15, 0.2) is 5.13 Å². The third-order valence-electron chi connectivity index (χ3n) is 5.10. The highest BCUT2D eigenvalue weighted by atomic mass is 32.1. The van der Waals surface area contributed by atoms with Crippen LogP contribution in [0.25, 0.3) is 20.4 Å². The molecule has 148 valence electrons. The molecule has 29 heavy (non-hydrogen) atoms. The maximum absolute atomic E-state index is 13.0. The molecular weight excluding hydrogens is 408 g/mol. The number of fused-ring (bicyclic) bond motifs is 4. The molecule has 0 bridgehead atoms. The van der Waals surface area contributed by atoms with Crippen LogP contribution in [0.15, 0.2) is 29.3 Å². The largest absolute Gasteiger partial charge is 0.497 e. The molecule has 0 saturated heterocycles. The van der Waals surface area contributed by atoms with E-state index in [2.05, 4.69) is 15.3 Å². The van der Waals surface area contributed by atoms with E-state index in [1.54, 1.807) is 18.4 Å². The van der Waals surface area contributed by atoms with E-state index < -0.39 is 0 Å². The Hall–Kier alpha value is -2.78. The summed E-state index contributed by atoms with van der Waals surface area (Å²) in [6, 6.07) is 5.56. The van der Waals surface area contributed by atoms with Crippen LogP contribution in [0.5, 0.6) is 5.75 Å². The monoisotopic (exact) mass is 426 g/mol. The summed E-state index contributed by atoms with van der Waals surface area (Å²) in [5.74, 6) is 0.437. The number of methoxy groups -OCH3 is 1. The van der Waals surface area contributed by atoms with Crippen LogP contribution >= 0.6 is 22.7 Å². The molecular formula is C20H18N4O3S2. The average Bonchev–Trinajstić information content (AvgIpc) is 3.30. The number of anilines is 1. The SMILES string of the molecule is COc1ccc2nc(NC(=O)Cn3cnc4sc5c(c4c3=O)CCCC5)sc2c1. The average molecular weight is 427 g/mol. The summed E-state index contributed by atoms with van der Waals surface area (Å²) in [6.07, 6.45) is 5.65. The Morgan fingerprint density at radius 1 is 1.28 bits per heavy atom. The maximum atomic E-state index is 13.0. The van der Waals surface area contributed by atoms with Crippen LogP contribution in [-0.2, 0) is 24.2 Å². The maximum Gasteiger partial charge on any atom is 0.262 e. The van der Waals surface area contributed by atoms with E-state index in [0.29, 0.717) is 10.5 Å². The number of aryl methyl sites for hydroxylation is 2. The molecule has 0 fully saturated rings. The lowest BCUT2D eigenvalue weighted by Gasteiger charge is -2.10. The van der Waals surface area contributed by atoms with Crippen LogP contribution in [0.3, 0.4) is 0 Å². The van der Waals surface area contributed by atoms with Gasteiger partial charge in [-0.1, -0.05) is 11.3 Å². The molecule has 1 aromatic carbocycles. The molecule has 0 atom stereocenters. The smallest absolute Gasteiger partial charge is 0.262 e. The summed E-state index contributed by atoms with van der Waals surface area (Å²) in [7, 11) is 1.61. The number of rotatable bonds is 4. The number of thiazole rings is 1. The fraction of sp³-hybridized carbons (Fsp3) is 0.300. The number of amides is 1. The molecule has 3 heterocycles. The first-order valence-corrected chi connectivity index (χ1v) is 11.0. The topological polar surface area (TPSA) is 86.1 Å². The molecule has 1 N–H and O–H groups in total. The molecule has 4 aromatic rings. The molecule has 1 amide bonds. The van der Waals surface area contributed by atoms with Gasteiger partial charge >= 0.3 is 0 Å². The highest BCUT2D eigenvalue weighted by Crippen LogP contribution is 2.33. The van der Waals surface area contributed by atoms with E-state index in [4.69, 9.17) is 4.74 Å². The normalized spacial score (nSPS) is 13.6. The van der Waals surface area contributed by atoms with Crippen molar-refractivity contribution in [3.8, 4) is 5.75 Å². The van der Waals surface area contributed by atoms with Gasteiger partial charge < -0.3 is 10.1 Å². The second-order valence-electron chi connectivity index (χ2n) is 6.97. The van der Waals surface area contributed by atoms with Crippen molar-refractivity contribution in [2.24, 2.45) is 0 Å². The van der Waals surface area contributed by atoms with Crippen molar-refractivity contribution >= 4 is 54.1 Å². The third-order valence-corrected chi connectivity index (χ3v) is 7.23. The van der Waals surface area contributed by atoms with Crippen LogP contribution in [0.2, 0.25) is 0 Å². The Balaban J connectivity index is 1.40. The molecule has 0 aliphatic heterocycles. The highest BCUT2D eigenvalue weighted by molar-refractivity contribution is 7.22. The van der Waals surface area contributed by atoms with Crippen molar-refractivity contribution in [3.05, 3.63) is 45.3 Å². The Bertz CT molecular complexity index is 1300. The summed E-state index contributed by atoms with van der Waals surface area (Å²) in [6.45, 7) is -0.0916. The number of carbonyl (C=O) groups excluding carboxylic acids is 1. The van der Waals surface area contributed by atoms with Crippen LogP contribution in [0.1, 0.15) is 23.3 Å². The van der Waals surface area contributed by atoms with Crippen molar-refractivity contribution in [2.75, 3.05) is 12.4 Å². The van der Waals surface area contributed by atoms with E-state index in [0.717, 1.165) is 52.0 Å². The molecule has 0 saturated carbocycles. The number of hydrogen-bond acceptors (Lipinski definition) is 7. The van der Waals surface area contributed by atoms with Crippen LogP contribution < -0.4 is 15.6 Å². The number of hydrogen-bond donors (Lipinski definition) is 1. The van der Waals surface area contributed by atoms with Gasteiger partial charge in [0.1, 0.15) is 17.1 Å². The zero-order chi connectivity index (χ0) is 20.0. The van der Waals surface area contributed by atoms with E-state index >= 15 is 0 Å². The first kappa shape index (κ1) is 18.3. The summed E-state index contributed by atoms with van der Waals surface area (Å²) < 4.78 is 7.53. The van der Waals surface area contributed by atoms with Crippen LogP contribution in [-0.4, -0.2) is 27.6 Å². The van der Waals surface area contributed by atoms with Gasteiger partial charge in [-0.2, -0.15) is 0 Å². The molecule has 0 radical (unpaired) electrons. The third kappa shape index (κ3) is 3.30. The van der Waals surface area contributed by atoms with Crippen LogP contribution in [0.4, 0.5) is 5.13 Å². The quantitative estimate of drug-likeness (QED) is 0.539. The van der Waals surface area contributed by atoms with E-state index in [1.165, 1.54) is 27.1 Å². The fourth-order valence-corrected chi connectivity index (χ4v) is 5.82. The van der Waals surface area contributed by atoms with Crippen molar-refractivity contribution in [1.29, 1.82) is 0 Å². The molecule has 3 aromatic heterocycles. The zero-order valence-electron chi connectivity index (χ0n) is 15.7. The Morgan fingerprint density at radius 2 is 2.14 bits per heavy atom. The van der Waals surface area contributed by atoms with Gasteiger partial charge in [0, 0.05) is 4.88 Å². The van der Waals surface area contributed by atoms with E-state index in [-0.39, 0.29) is 18.0 Å². The summed E-state index contributed by atoms with van der Waals surface area (Å²) in [5, 5.41) is 3.97. The second-order valence-corrected chi connectivity index (χ2v) is 9.08. The van der Waals surface area contributed by atoms with Gasteiger partial charge in [0.2, 0.25) is 5.91 Å². The minimum atomic E-state index is -0.302. The molecule has 7 nitrogen and oxygen atoms in total. The van der Waals surface area contributed by atoms with E-state index in [1.807, 2.05) is 18.2 Å². The number of ether oxygens (including phenoxy) is 1. The predicted molar refractivity (Wildman–Crippen MR) is 115 cm³/mol. The molecule has 9 heteroatoms. The Morgan fingerprint density at radius 3 is 3.00 bits per heavy atom. The first-order valence-electron chi connectivity index (χ1n) is 9.36. The number of benzene rings is 1. The number of nitrogens with one attached hydrogen (secondary N) is 1. The standard InChI is InChI=1S/C20H18N4O3S2/c1-27-11-6-7-13-15(8-11)29-20(22-13)23-16(25)9-24-10-21-18-17(19(24)26)12-4-2-3-5-14(12)28-18/h6-8,10H,2-5,9H2,1H3,(H,22,23,25). The number of carbonyl (C=O) groups is 1. The van der Waals surface area contributed by atoms with Crippen molar-refractivity contribution in [3.63, 3.8) is 0 Å². The summed E-state index contributed by atoms with van der Waals surface area (Å²) >= 11 is 2.97. The molecule has 1 aliphatic carbocycles. The lowest BCUT2D eigenvalue weighted by atomic mass is 9.97. The van der Waals surface area contributed by atoms with Crippen molar-refractivity contribution in [2.45, 2.75) is 32.2 Å². The van der Waals surface area contributed by atoms with Crippen molar-refractivity contribution in [1.82, 2.24) is 14.5 Å². The van der Waals surface area contributed by atoms with Crippen molar-refractivity contribution < 1.29 is 9.53 Å². The number of nitrogens with zero attached hydrogens (tertiary/aromatic N) is 3. The fourth-order valence-electron chi connectivity index (χ4n) is 3.69. The lowest BCUT2D eigenvalue weighted by Crippen LogP contribution is -2.28. The minimum absolute atomic E-state index is 0.0916. The van der Waals surface area contributed by atoms with Gasteiger partial charge in [0.25, 0.3) is 5.56 Å². The molecule has 5 rings (SSSR count). The van der Waals surface area contributed by atoms with Gasteiger partial charge in [-0.3, -0.25) is 14.2 Å². The minimum Gasteiger partial charge on any atom is -0.497 e. The highest BCUT2D eigenvalue weighted by Gasteiger charge is 2.20. The second kappa shape index (κ2) is 7.23. The molecule has 0 spiro atoms. The van der Waals surface area contributed by atoms with E-state index in [9.17, 15) is 9.59 Å². The van der Waals surface area contributed by atoms with Gasteiger partial charge in [-0.15, -0.1) is 11.3 Å². The number of thiophene rings is 1. The van der Waals surface area contributed by atoms with Gasteiger partial charge in [-0.05, 0) is 49.4 Å².